The van der Waals surface area contributed by atoms with E-state index in [0.29, 0.717) is 5.75 Å². The summed E-state index contributed by atoms with van der Waals surface area (Å²) in [6, 6.07) is 5.00. The third-order valence-corrected chi connectivity index (χ3v) is 3.52. The van der Waals surface area contributed by atoms with E-state index < -0.39 is 11.7 Å². The van der Waals surface area contributed by atoms with Gasteiger partial charge < -0.3 is 4.74 Å². The SMILES string of the molecule is N#Cc1cc(OC2CCCCCC2)ccc1C(F)(F)F. The fourth-order valence-electron chi connectivity index (χ4n) is 2.49. The molecule has 0 aliphatic heterocycles. The van der Waals surface area contributed by atoms with Gasteiger partial charge in [-0.15, -0.1) is 0 Å². The molecule has 0 amide bonds. The number of nitrogens with zero attached hydrogens (tertiary/aromatic N) is 1. The van der Waals surface area contributed by atoms with Crippen LogP contribution in [0.3, 0.4) is 0 Å². The van der Waals surface area contributed by atoms with Crippen molar-refractivity contribution in [3.63, 3.8) is 0 Å². The van der Waals surface area contributed by atoms with Gasteiger partial charge in [0, 0.05) is 0 Å². The Kier molecular flexibility index (Phi) is 4.53. The number of halogens is 3. The summed E-state index contributed by atoms with van der Waals surface area (Å²) in [4.78, 5) is 0. The first kappa shape index (κ1) is 14.7. The lowest BCUT2D eigenvalue weighted by molar-refractivity contribution is -0.137. The van der Waals surface area contributed by atoms with Gasteiger partial charge in [-0.3, -0.25) is 0 Å². The minimum absolute atomic E-state index is 0.0424. The Hall–Kier alpha value is -1.70. The average Bonchev–Trinajstić information content (AvgIpc) is 2.66. The van der Waals surface area contributed by atoms with E-state index in [1.165, 1.54) is 25.0 Å². The summed E-state index contributed by atoms with van der Waals surface area (Å²) in [6.07, 6.45) is 1.89. The minimum Gasteiger partial charge on any atom is -0.490 e. The van der Waals surface area contributed by atoms with Crippen molar-refractivity contribution in [2.24, 2.45) is 0 Å². The molecule has 0 N–H and O–H groups in total. The number of alkyl halides is 3. The summed E-state index contributed by atoms with van der Waals surface area (Å²) in [5.41, 5.74) is -1.29. The van der Waals surface area contributed by atoms with Crippen molar-refractivity contribution in [3.05, 3.63) is 29.3 Å². The van der Waals surface area contributed by atoms with Gasteiger partial charge in [-0.2, -0.15) is 18.4 Å². The topological polar surface area (TPSA) is 33.0 Å². The highest BCUT2D eigenvalue weighted by Gasteiger charge is 2.33. The molecular weight excluding hydrogens is 267 g/mol. The Morgan fingerprint density at radius 1 is 1.10 bits per heavy atom. The van der Waals surface area contributed by atoms with Gasteiger partial charge in [-0.1, -0.05) is 12.8 Å². The van der Waals surface area contributed by atoms with Gasteiger partial charge in [0.15, 0.2) is 0 Å². The van der Waals surface area contributed by atoms with Gasteiger partial charge in [0.05, 0.1) is 23.3 Å². The van der Waals surface area contributed by atoms with Crippen molar-refractivity contribution in [1.82, 2.24) is 0 Å². The molecule has 0 spiro atoms. The zero-order valence-electron chi connectivity index (χ0n) is 11.0. The van der Waals surface area contributed by atoms with E-state index in [9.17, 15) is 13.2 Å². The first-order valence-corrected chi connectivity index (χ1v) is 6.78. The summed E-state index contributed by atoms with van der Waals surface area (Å²) in [7, 11) is 0. The van der Waals surface area contributed by atoms with Crippen LogP contribution in [0, 0.1) is 11.3 Å². The standard InChI is InChI=1S/C15H16F3NO/c16-15(17,18)14-8-7-13(9-11(14)10-19)20-12-5-3-1-2-4-6-12/h7-9,12H,1-6H2. The molecule has 0 aromatic heterocycles. The smallest absolute Gasteiger partial charge is 0.417 e. The molecule has 1 aliphatic rings. The molecule has 0 unspecified atom stereocenters. The van der Waals surface area contributed by atoms with E-state index in [-0.39, 0.29) is 11.7 Å². The molecule has 0 radical (unpaired) electrons. The Balaban J connectivity index is 2.15. The highest BCUT2D eigenvalue weighted by molar-refractivity contribution is 5.44. The van der Waals surface area contributed by atoms with E-state index in [0.717, 1.165) is 31.7 Å². The Morgan fingerprint density at radius 3 is 2.30 bits per heavy atom. The quantitative estimate of drug-likeness (QED) is 0.738. The molecule has 0 saturated heterocycles. The fraction of sp³-hybridized carbons (Fsp3) is 0.533. The van der Waals surface area contributed by atoms with Gasteiger partial charge in [-0.05, 0) is 43.9 Å². The maximum atomic E-state index is 12.7. The number of hydrogen-bond donors (Lipinski definition) is 0. The summed E-state index contributed by atoms with van der Waals surface area (Å²) in [6.45, 7) is 0. The highest BCUT2D eigenvalue weighted by Crippen LogP contribution is 2.34. The van der Waals surface area contributed by atoms with Crippen LogP contribution in [0.25, 0.3) is 0 Å². The molecular formula is C15H16F3NO. The molecule has 1 aromatic rings. The molecule has 20 heavy (non-hydrogen) atoms. The van der Waals surface area contributed by atoms with Gasteiger partial charge in [-0.25, -0.2) is 0 Å². The van der Waals surface area contributed by atoms with Crippen molar-refractivity contribution >= 4 is 0 Å². The summed E-state index contributed by atoms with van der Waals surface area (Å²) >= 11 is 0. The summed E-state index contributed by atoms with van der Waals surface area (Å²) in [5, 5.41) is 8.85. The predicted octanol–water partition coefficient (Wildman–Crippen LogP) is 4.68. The Labute approximate surface area is 116 Å². The molecule has 0 heterocycles. The van der Waals surface area contributed by atoms with Crippen molar-refractivity contribution < 1.29 is 17.9 Å². The van der Waals surface area contributed by atoms with Gasteiger partial charge in [0.1, 0.15) is 5.75 Å². The van der Waals surface area contributed by atoms with Crippen LogP contribution in [-0.4, -0.2) is 6.10 Å². The van der Waals surface area contributed by atoms with Crippen LogP contribution in [0.1, 0.15) is 49.7 Å². The van der Waals surface area contributed by atoms with Gasteiger partial charge in [0.25, 0.3) is 0 Å². The maximum absolute atomic E-state index is 12.7. The van der Waals surface area contributed by atoms with Crippen LogP contribution >= 0.6 is 0 Å². The number of benzene rings is 1. The Bertz CT molecular complexity index is 497. The molecule has 5 heteroatoms. The zero-order valence-corrected chi connectivity index (χ0v) is 11.0. The van der Waals surface area contributed by atoms with Gasteiger partial charge >= 0.3 is 6.18 Å². The lowest BCUT2D eigenvalue weighted by Gasteiger charge is -2.18. The highest BCUT2D eigenvalue weighted by atomic mass is 19.4. The number of hydrogen-bond acceptors (Lipinski definition) is 2. The number of nitriles is 1. The van der Waals surface area contributed by atoms with E-state index in [1.54, 1.807) is 6.07 Å². The van der Waals surface area contributed by atoms with E-state index in [2.05, 4.69) is 0 Å². The molecule has 1 aliphatic carbocycles. The third kappa shape index (κ3) is 3.66. The lowest BCUT2D eigenvalue weighted by Crippen LogP contribution is -2.15. The van der Waals surface area contributed by atoms with Crippen LogP contribution in [0.2, 0.25) is 0 Å². The molecule has 1 fully saturated rings. The van der Waals surface area contributed by atoms with Crippen LogP contribution in [0.5, 0.6) is 5.75 Å². The first-order chi connectivity index (χ1) is 9.50. The third-order valence-electron chi connectivity index (χ3n) is 3.52. The van der Waals surface area contributed by atoms with Crippen LogP contribution in [-0.2, 0) is 6.18 Å². The normalized spacial score (nSPS) is 17.3. The van der Waals surface area contributed by atoms with E-state index in [1.807, 2.05) is 0 Å². The zero-order chi connectivity index (χ0) is 14.6. The second-order valence-electron chi connectivity index (χ2n) is 5.05. The summed E-state index contributed by atoms with van der Waals surface area (Å²) < 4.78 is 43.8. The largest absolute Gasteiger partial charge is 0.490 e. The summed E-state index contributed by atoms with van der Waals surface area (Å²) in [5.74, 6) is 0.349. The molecule has 0 bridgehead atoms. The molecule has 1 aromatic carbocycles. The first-order valence-electron chi connectivity index (χ1n) is 6.78. The minimum atomic E-state index is -4.51. The number of ether oxygens (including phenoxy) is 1. The fourth-order valence-corrected chi connectivity index (χ4v) is 2.49. The van der Waals surface area contributed by atoms with Crippen LogP contribution in [0.15, 0.2) is 18.2 Å². The van der Waals surface area contributed by atoms with Crippen molar-refractivity contribution in [3.8, 4) is 11.8 Å². The predicted molar refractivity (Wildman–Crippen MR) is 68.3 cm³/mol. The monoisotopic (exact) mass is 283 g/mol. The average molecular weight is 283 g/mol. The lowest BCUT2D eigenvalue weighted by atomic mass is 10.1. The van der Waals surface area contributed by atoms with Crippen LogP contribution < -0.4 is 4.74 Å². The van der Waals surface area contributed by atoms with Crippen LogP contribution in [0.4, 0.5) is 13.2 Å². The number of rotatable bonds is 2. The van der Waals surface area contributed by atoms with E-state index in [4.69, 9.17) is 10.00 Å². The molecule has 2 rings (SSSR count). The van der Waals surface area contributed by atoms with Crippen molar-refractivity contribution in [1.29, 1.82) is 5.26 Å². The molecule has 108 valence electrons. The van der Waals surface area contributed by atoms with E-state index >= 15 is 0 Å². The second-order valence-corrected chi connectivity index (χ2v) is 5.05. The second kappa shape index (κ2) is 6.17. The molecule has 1 saturated carbocycles. The van der Waals surface area contributed by atoms with Gasteiger partial charge in [0.2, 0.25) is 0 Å². The molecule has 0 atom stereocenters. The Morgan fingerprint density at radius 2 is 1.75 bits per heavy atom. The molecule has 2 nitrogen and oxygen atoms in total. The van der Waals surface area contributed by atoms with Crippen molar-refractivity contribution in [2.45, 2.75) is 50.8 Å². The van der Waals surface area contributed by atoms with Crippen molar-refractivity contribution in [2.75, 3.05) is 0 Å². The maximum Gasteiger partial charge on any atom is 0.417 e.